The summed E-state index contributed by atoms with van der Waals surface area (Å²) in [4.78, 5) is 0. The second-order valence-electron chi connectivity index (χ2n) is 6.46. The molecule has 0 bridgehead atoms. The van der Waals surface area contributed by atoms with Crippen molar-refractivity contribution < 1.29 is 13.5 Å². The van der Waals surface area contributed by atoms with Crippen molar-refractivity contribution in [2.75, 3.05) is 26.7 Å². The van der Waals surface area contributed by atoms with Crippen LogP contribution in [0.3, 0.4) is 0 Å². The number of rotatable bonds is 4. The Balaban J connectivity index is 1.95. The summed E-state index contributed by atoms with van der Waals surface area (Å²) < 4.78 is 28.5. The molecule has 118 valence electrons. The molecule has 0 aromatic rings. The highest BCUT2D eigenvalue weighted by molar-refractivity contribution is 7.86. The van der Waals surface area contributed by atoms with E-state index in [-0.39, 0.29) is 18.6 Å². The topological polar surface area (TPSA) is 60.9 Å². The summed E-state index contributed by atoms with van der Waals surface area (Å²) >= 11 is 0. The van der Waals surface area contributed by atoms with Gasteiger partial charge in [0.05, 0.1) is 0 Å². The van der Waals surface area contributed by atoms with Gasteiger partial charge in [0.1, 0.15) is 0 Å². The van der Waals surface area contributed by atoms with Crippen molar-refractivity contribution in [3.63, 3.8) is 0 Å². The first kappa shape index (κ1) is 16.2. The Morgan fingerprint density at radius 2 is 1.65 bits per heavy atom. The SMILES string of the molecule is CC1CCC(N(C)S(=O)(=O)N2CCC(CO)CC2)CC1. The van der Waals surface area contributed by atoms with Gasteiger partial charge in [0.2, 0.25) is 0 Å². The van der Waals surface area contributed by atoms with Crippen LogP contribution in [-0.4, -0.2) is 54.9 Å². The third kappa shape index (κ3) is 3.53. The molecule has 1 heterocycles. The van der Waals surface area contributed by atoms with E-state index in [0.29, 0.717) is 13.1 Å². The maximum absolute atomic E-state index is 12.7. The Labute approximate surface area is 123 Å². The summed E-state index contributed by atoms with van der Waals surface area (Å²) in [5.74, 6) is 0.991. The number of piperidine rings is 1. The molecule has 5 nitrogen and oxygen atoms in total. The van der Waals surface area contributed by atoms with Gasteiger partial charge in [-0.1, -0.05) is 6.92 Å². The molecule has 0 spiro atoms. The smallest absolute Gasteiger partial charge is 0.281 e. The van der Waals surface area contributed by atoms with Gasteiger partial charge in [-0.3, -0.25) is 0 Å². The van der Waals surface area contributed by atoms with E-state index in [2.05, 4.69) is 6.92 Å². The van der Waals surface area contributed by atoms with Crippen molar-refractivity contribution >= 4 is 10.2 Å². The number of hydrogen-bond acceptors (Lipinski definition) is 3. The fourth-order valence-electron chi connectivity index (χ4n) is 3.30. The summed E-state index contributed by atoms with van der Waals surface area (Å²) in [5.41, 5.74) is 0. The van der Waals surface area contributed by atoms with E-state index in [1.54, 1.807) is 15.7 Å². The van der Waals surface area contributed by atoms with Gasteiger partial charge >= 0.3 is 0 Å². The Morgan fingerprint density at radius 3 is 2.15 bits per heavy atom. The molecular formula is C14H28N2O3S. The van der Waals surface area contributed by atoms with Crippen molar-refractivity contribution in [1.82, 2.24) is 8.61 Å². The summed E-state index contributed by atoms with van der Waals surface area (Å²) in [5, 5.41) is 9.14. The van der Waals surface area contributed by atoms with E-state index in [1.165, 1.54) is 0 Å². The fourth-order valence-corrected chi connectivity index (χ4v) is 4.92. The van der Waals surface area contributed by atoms with Crippen LogP contribution in [0.5, 0.6) is 0 Å². The highest BCUT2D eigenvalue weighted by Crippen LogP contribution is 2.29. The molecule has 1 aliphatic carbocycles. The average Bonchev–Trinajstić information content (AvgIpc) is 2.47. The standard InChI is InChI=1S/C14H28N2O3S/c1-12-3-5-14(6-4-12)15(2)20(18,19)16-9-7-13(11-17)8-10-16/h12-14,17H,3-11H2,1-2H3. The largest absolute Gasteiger partial charge is 0.396 e. The summed E-state index contributed by atoms with van der Waals surface area (Å²) in [6.07, 6.45) is 5.73. The Bertz CT molecular complexity index is 397. The quantitative estimate of drug-likeness (QED) is 0.855. The Hall–Kier alpha value is -0.170. The van der Waals surface area contributed by atoms with Gasteiger partial charge in [0.25, 0.3) is 10.2 Å². The van der Waals surface area contributed by atoms with Gasteiger partial charge in [-0.2, -0.15) is 17.0 Å². The third-order valence-electron chi connectivity index (χ3n) is 5.02. The molecule has 20 heavy (non-hydrogen) atoms. The van der Waals surface area contributed by atoms with Crippen molar-refractivity contribution in [3.05, 3.63) is 0 Å². The lowest BCUT2D eigenvalue weighted by atomic mass is 9.87. The van der Waals surface area contributed by atoms with E-state index >= 15 is 0 Å². The van der Waals surface area contributed by atoms with Crippen molar-refractivity contribution in [2.45, 2.75) is 51.5 Å². The van der Waals surface area contributed by atoms with Gasteiger partial charge in [-0.15, -0.1) is 0 Å². The third-order valence-corrected chi connectivity index (χ3v) is 7.07. The molecule has 1 saturated carbocycles. The highest BCUT2D eigenvalue weighted by Gasteiger charge is 2.35. The molecule has 6 heteroatoms. The van der Waals surface area contributed by atoms with Gasteiger partial charge in [0.15, 0.2) is 0 Å². The minimum Gasteiger partial charge on any atom is -0.396 e. The molecule has 1 N–H and O–H groups in total. The monoisotopic (exact) mass is 304 g/mol. The van der Waals surface area contributed by atoms with E-state index < -0.39 is 10.2 Å². The summed E-state index contributed by atoms with van der Waals surface area (Å²) in [7, 11) is -1.60. The van der Waals surface area contributed by atoms with Gasteiger partial charge in [-0.05, 0) is 50.4 Å². The molecule has 1 aliphatic heterocycles. The highest BCUT2D eigenvalue weighted by atomic mass is 32.2. The van der Waals surface area contributed by atoms with Crippen LogP contribution >= 0.6 is 0 Å². The fraction of sp³-hybridized carbons (Fsp3) is 1.00. The molecule has 2 rings (SSSR count). The van der Waals surface area contributed by atoms with Crippen LogP contribution in [0.4, 0.5) is 0 Å². The van der Waals surface area contributed by atoms with Crippen LogP contribution < -0.4 is 0 Å². The lowest BCUT2D eigenvalue weighted by Gasteiger charge is -2.38. The molecule has 0 aromatic heterocycles. The van der Waals surface area contributed by atoms with Gasteiger partial charge in [-0.25, -0.2) is 0 Å². The minimum atomic E-state index is -3.33. The predicted molar refractivity (Wildman–Crippen MR) is 79.5 cm³/mol. The molecule has 0 aromatic carbocycles. The molecular weight excluding hydrogens is 276 g/mol. The zero-order valence-corrected chi connectivity index (χ0v) is 13.5. The number of aliphatic hydroxyl groups excluding tert-OH is 1. The molecule has 0 atom stereocenters. The normalized spacial score (nSPS) is 30.8. The zero-order chi connectivity index (χ0) is 14.8. The minimum absolute atomic E-state index is 0.159. The first-order valence-electron chi connectivity index (χ1n) is 7.79. The average molecular weight is 304 g/mol. The van der Waals surface area contributed by atoms with E-state index in [1.807, 2.05) is 0 Å². The van der Waals surface area contributed by atoms with Crippen LogP contribution in [0.15, 0.2) is 0 Å². The predicted octanol–water partition coefficient (Wildman–Crippen LogP) is 1.45. The molecule has 2 fully saturated rings. The van der Waals surface area contributed by atoms with Gasteiger partial charge < -0.3 is 5.11 Å². The lowest BCUT2D eigenvalue weighted by molar-refractivity contribution is 0.162. The summed E-state index contributed by atoms with van der Waals surface area (Å²) in [6, 6.07) is 0.159. The van der Waals surface area contributed by atoms with Crippen molar-refractivity contribution in [1.29, 1.82) is 0 Å². The van der Waals surface area contributed by atoms with Crippen LogP contribution in [0.25, 0.3) is 0 Å². The first-order chi connectivity index (χ1) is 9.45. The number of nitrogens with zero attached hydrogens (tertiary/aromatic N) is 2. The molecule has 0 unspecified atom stereocenters. The van der Waals surface area contributed by atoms with Crippen LogP contribution in [0.1, 0.15) is 45.4 Å². The summed E-state index contributed by atoms with van der Waals surface area (Å²) in [6.45, 7) is 3.50. The maximum Gasteiger partial charge on any atom is 0.281 e. The van der Waals surface area contributed by atoms with Crippen LogP contribution in [0, 0.1) is 11.8 Å². The molecule has 0 amide bonds. The Morgan fingerprint density at radius 1 is 1.10 bits per heavy atom. The second kappa shape index (κ2) is 6.73. The number of aliphatic hydroxyl groups is 1. The van der Waals surface area contributed by atoms with E-state index in [9.17, 15) is 8.42 Å². The molecule has 2 aliphatic rings. The number of hydrogen-bond donors (Lipinski definition) is 1. The Kier molecular flexibility index (Phi) is 5.45. The van der Waals surface area contributed by atoms with Crippen LogP contribution in [0.2, 0.25) is 0 Å². The van der Waals surface area contributed by atoms with Crippen LogP contribution in [-0.2, 0) is 10.2 Å². The molecule has 0 radical (unpaired) electrons. The van der Waals surface area contributed by atoms with Gasteiger partial charge in [0, 0.05) is 32.8 Å². The first-order valence-corrected chi connectivity index (χ1v) is 9.18. The van der Waals surface area contributed by atoms with E-state index in [0.717, 1.165) is 44.4 Å². The molecule has 1 saturated heterocycles. The van der Waals surface area contributed by atoms with Crippen molar-refractivity contribution in [3.8, 4) is 0 Å². The van der Waals surface area contributed by atoms with E-state index in [4.69, 9.17) is 5.11 Å². The maximum atomic E-state index is 12.7. The van der Waals surface area contributed by atoms with Crippen molar-refractivity contribution in [2.24, 2.45) is 11.8 Å². The second-order valence-corrected chi connectivity index (χ2v) is 8.45. The lowest BCUT2D eigenvalue weighted by Crippen LogP contribution is -2.50. The zero-order valence-electron chi connectivity index (χ0n) is 12.7.